The predicted octanol–water partition coefficient (Wildman–Crippen LogP) is 2.67. The molecule has 0 aliphatic carbocycles. The van der Waals surface area contributed by atoms with Gasteiger partial charge in [0.2, 0.25) is 0 Å². The third-order valence-corrected chi connectivity index (χ3v) is 3.15. The number of halogens is 1. The molecule has 1 heterocycles. The van der Waals surface area contributed by atoms with Crippen molar-refractivity contribution in [1.29, 1.82) is 0 Å². The number of hydrogen-bond donors (Lipinski definition) is 1. The zero-order valence-electron chi connectivity index (χ0n) is 10.4. The molecule has 19 heavy (non-hydrogen) atoms. The lowest BCUT2D eigenvalue weighted by molar-refractivity contribution is 0.628. The molecule has 0 amide bonds. The molecule has 96 valence electrons. The fraction of sp³-hybridized carbons (Fsp3) is 0.133. The SMILES string of the molecule is Nc1ccc(N2CCN=C2c2ccc(F)cc2)cc1. The summed E-state index contributed by atoms with van der Waals surface area (Å²) in [5.41, 5.74) is 8.41. The van der Waals surface area contributed by atoms with E-state index in [4.69, 9.17) is 5.73 Å². The van der Waals surface area contributed by atoms with Crippen LogP contribution in [-0.2, 0) is 0 Å². The van der Waals surface area contributed by atoms with Crippen LogP contribution in [0.1, 0.15) is 5.56 Å². The molecule has 2 aromatic rings. The van der Waals surface area contributed by atoms with E-state index in [-0.39, 0.29) is 5.82 Å². The monoisotopic (exact) mass is 255 g/mol. The minimum atomic E-state index is -0.235. The lowest BCUT2D eigenvalue weighted by Gasteiger charge is -2.20. The smallest absolute Gasteiger partial charge is 0.135 e. The summed E-state index contributed by atoms with van der Waals surface area (Å²) in [5, 5.41) is 0. The van der Waals surface area contributed by atoms with Gasteiger partial charge in [-0.25, -0.2) is 4.39 Å². The predicted molar refractivity (Wildman–Crippen MR) is 76.0 cm³/mol. The van der Waals surface area contributed by atoms with Gasteiger partial charge in [0.25, 0.3) is 0 Å². The fourth-order valence-corrected chi connectivity index (χ4v) is 2.20. The van der Waals surface area contributed by atoms with E-state index >= 15 is 0 Å². The van der Waals surface area contributed by atoms with Gasteiger partial charge in [-0.1, -0.05) is 0 Å². The molecule has 4 heteroatoms. The molecular formula is C15H14FN3. The first kappa shape index (κ1) is 11.7. The zero-order valence-corrected chi connectivity index (χ0v) is 10.4. The lowest BCUT2D eigenvalue weighted by atomic mass is 10.1. The first-order valence-electron chi connectivity index (χ1n) is 6.17. The summed E-state index contributed by atoms with van der Waals surface area (Å²) in [6.45, 7) is 1.58. The number of aliphatic imine (C=N–C) groups is 1. The summed E-state index contributed by atoms with van der Waals surface area (Å²) in [7, 11) is 0. The molecule has 0 atom stereocenters. The Kier molecular flexibility index (Phi) is 2.91. The number of rotatable bonds is 2. The van der Waals surface area contributed by atoms with Crippen LogP contribution in [0.4, 0.5) is 15.8 Å². The number of nitrogens with two attached hydrogens (primary N) is 1. The maximum Gasteiger partial charge on any atom is 0.135 e. The van der Waals surface area contributed by atoms with Gasteiger partial charge >= 0.3 is 0 Å². The van der Waals surface area contributed by atoms with Crippen molar-refractivity contribution in [2.45, 2.75) is 0 Å². The zero-order chi connectivity index (χ0) is 13.2. The Morgan fingerprint density at radius 3 is 2.37 bits per heavy atom. The van der Waals surface area contributed by atoms with Crippen LogP contribution in [0.2, 0.25) is 0 Å². The van der Waals surface area contributed by atoms with Gasteiger partial charge < -0.3 is 10.6 Å². The largest absolute Gasteiger partial charge is 0.399 e. The van der Waals surface area contributed by atoms with Gasteiger partial charge in [-0.05, 0) is 48.5 Å². The fourth-order valence-electron chi connectivity index (χ4n) is 2.20. The summed E-state index contributed by atoms with van der Waals surface area (Å²) in [6, 6.07) is 14.1. The van der Waals surface area contributed by atoms with E-state index < -0.39 is 0 Å². The van der Waals surface area contributed by atoms with Gasteiger partial charge in [0, 0.05) is 23.5 Å². The van der Waals surface area contributed by atoms with Crippen LogP contribution in [0.3, 0.4) is 0 Å². The molecule has 3 rings (SSSR count). The third kappa shape index (κ3) is 2.29. The minimum Gasteiger partial charge on any atom is -0.399 e. The summed E-state index contributed by atoms with van der Waals surface area (Å²) in [4.78, 5) is 6.62. The van der Waals surface area contributed by atoms with Crippen LogP contribution in [0, 0.1) is 5.82 Å². The minimum absolute atomic E-state index is 0.235. The molecule has 0 fully saturated rings. The quantitative estimate of drug-likeness (QED) is 0.838. The molecule has 3 nitrogen and oxygen atoms in total. The normalized spacial score (nSPS) is 14.6. The molecule has 0 spiro atoms. The van der Waals surface area contributed by atoms with E-state index in [1.807, 2.05) is 24.3 Å². The molecular weight excluding hydrogens is 241 g/mol. The Labute approximate surface area is 111 Å². The van der Waals surface area contributed by atoms with Crippen molar-refractivity contribution in [3.8, 4) is 0 Å². The van der Waals surface area contributed by atoms with Crippen molar-refractivity contribution >= 4 is 17.2 Å². The standard InChI is InChI=1S/C15H14FN3/c16-12-3-1-11(2-4-12)15-18-9-10-19(15)14-7-5-13(17)6-8-14/h1-8H,9-10,17H2. The van der Waals surface area contributed by atoms with E-state index in [9.17, 15) is 4.39 Å². The lowest BCUT2D eigenvalue weighted by Crippen LogP contribution is -2.28. The third-order valence-electron chi connectivity index (χ3n) is 3.15. The topological polar surface area (TPSA) is 41.6 Å². The molecule has 0 aromatic heterocycles. The second-order valence-corrected chi connectivity index (χ2v) is 4.46. The molecule has 0 unspecified atom stereocenters. The van der Waals surface area contributed by atoms with Crippen molar-refractivity contribution < 1.29 is 4.39 Å². The van der Waals surface area contributed by atoms with E-state index in [1.54, 1.807) is 12.1 Å². The highest BCUT2D eigenvalue weighted by Crippen LogP contribution is 2.22. The average Bonchev–Trinajstić information content (AvgIpc) is 2.90. The maximum absolute atomic E-state index is 13.0. The molecule has 0 saturated heterocycles. The van der Waals surface area contributed by atoms with Crippen molar-refractivity contribution in [1.82, 2.24) is 0 Å². The van der Waals surface area contributed by atoms with Crippen LogP contribution in [0.25, 0.3) is 0 Å². The second kappa shape index (κ2) is 4.72. The van der Waals surface area contributed by atoms with Crippen LogP contribution in [0.5, 0.6) is 0 Å². The first-order valence-corrected chi connectivity index (χ1v) is 6.17. The number of hydrogen-bond acceptors (Lipinski definition) is 3. The maximum atomic E-state index is 13.0. The Morgan fingerprint density at radius 2 is 1.68 bits per heavy atom. The van der Waals surface area contributed by atoms with Crippen LogP contribution in [0.15, 0.2) is 53.5 Å². The Hall–Kier alpha value is -2.36. The highest BCUT2D eigenvalue weighted by molar-refractivity contribution is 6.11. The van der Waals surface area contributed by atoms with E-state index in [0.29, 0.717) is 0 Å². The van der Waals surface area contributed by atoms with Crippen LogP contribution >= 0.6 is 0 Å². The van der Waals surface area contributed by atoms with Gasteiger partial charge in [0.05, 0.1) is 6.54 Å². The Bertz CT molecular complexity index is 602. The average molecular weight is 255 g/mol. The molecule has 1 aliphatic heterocycles. The number of amidine groups is 1. The molecule has 0 radical (unpaired) electrons. The van der Waals surface area contributed by atoms with Crippen molar-refractivity contribution in [2.24, 2.45) is 4.99 Å². The molecule has 0 bridgehead atoms. The summed E-state index contributed by atoms with van der Waals surface area (Å²) >= 11 is 0. The van der Waals surface area contributed by atoms with Gasteiger partial charge in [0.1, 0.15) is 11.7 Å². The second-order valence-electron chi connectivity index (χ2n) is 4.46. The Morgan fingerprint density at radius 1 is 1.00 bits per heavy atom. The number of benzene rings is 2. The molecule has 2 aromatic carbocycles. The summed E-state index contributed by atoms with van der Waals surface area (Å²) in [6.07, 6.45) is 0. The molecule has 1 aliphatic rings. The molecule has 2 N–H and O–H groups in total. The van der Waals surface area contributed by atoms with Crippen LogP contribution in [-0.4, -0.2) is 18.9 Å². The molecule has 0 saturated carbocycles. The highest BCUT2D eigenvalue weighted by Gasteiger charge is 2.19. The van der Waals surface area contributed by atoms with Gasteiger partial charge in [-0.3, -0.25) is 4.99 Å². The van der Waals surface area contributed by atoms with E-state index in [2.05, 4.69) is 9.89 Å². The van der Waals surface area contributed by atoms with Gasteiger partial charge in [-0.15, -0.1) is 0 Å². The first-order chi connectivity index (χ1) is 9.24. The van der Waals surface area contributed by atoms with Gasteiger partial charge in [-0.2, -0.15) is 0 Å². The van der Waals surface area contributed by atoms with Crippen molar-refractivity contribution in [2.75, 3.05) is 23.7 Å². The van der Waals surface area contributed by atoms with Crippen molar-refractivity contribution in [3.05, 3.63) is 59.9 Å². The van der Waals surface area contributed by atoms with Crippen LogP contribution < -0.4 is 10.6 Å². The number of nitrogens with zero attached hydrogens (tertiary/aromatic N) is 2. The Balaban J connectivity index is 1.93. The summed E-state index contributed by atoms with van der Waals surface area (Å²) < 4.78 is 13.0. The van der Waals surface area contributed by atoms with Crippen molar-refractivity contribution in [3.63, 3.8) is 0 Å². The number of anilines is 2. The van der Waals surface area contributed by atoms with E-state index in [1.165, 1.54) is 12.1 Å². The van der Waals surface area contributed by atoms with Gasteiger partial charge in [0.15, 0.2) is 0 Å². The number of nitrogen functional groups attached to an aromatic ring is 1. The highest BCUT2D eigenvalue weighted by atomic mass is 19.1. The van der Waals surface area contributed by atoms with E-state index in [0.717, 1.165) is 35.9 Å². The summed E-state index contributed by atoms with van der Waals surface area (Å²) in [5.74, 6) is 0.645.